The summed E-state index contributed by atoms with van der Waals surface area (Å²) in [6.45, 7) is 0. The summed E-state index contributed by atoms with van der Waals surface area (Å²) in [4.78, 5) is 2.40. The maximum absolute atomic E-state index is 10.6. The van der Waals surface area contributed by atoms with Gasteiger partial charge in [0, 0.05) is 4.91 Å². The molecule has 1 rings (SSSR count). The SMILES string of the molecule is [N-]=[N+]=NC1C=CC(=S(=O)=O)OC1=S(=O)=O. The Labute approximate surface area is 86.5 Å². The molecule has 1 aliphatic rings. The number of ether oxygens (including phenoxy) is 1. The Morgan fingerprint density at radius 3 is 2.47 bits per heavy atom. The summed E-state index contributed by atoms with van der Waals surface area (Å²) in [5.41, 5.74) is 8.12. The third-order valence-electron chi connectivity index (χ3n) is 1.36. The predicted octanol–water partition coefficient (Wildman–Crippen LogP) is -0.730. The second-order valence-electron chi connectivity index (χ2n) is 2.22. The van der Waals surface area contributed by atoms with Crippen LogP contribution in [0.4, 0.5) is 0 Å². The molecule has 0 aromatic heterocycles. The molecule has 0 aromatic carbocycles. The van der Waals surface area contributed by atoms with Crippen molar-refractivity contribution >= 4 is 30.7 Å². The Bertz CT molecular complexity index is 604. The van der Waals surface area contributed by atoms with E-state index >= 15 is 0 Å². The largest absolute Gasteiger partial charge is 0.281 e. The molecule has 0 radical (unpaired) electrons. The first kappa shape index (κ1) is 11.5. The van der Waals surface area contributed by atoms with Gasteiger partial charge in [0.1, 0.15) is 6.04 Å². The number of hydrogen-bond acceptors (Lipinski definition) is 6. The lowest BCUT2D eigenvalue weighted by Gasteiger charge is -2.10. The van der Waals surface area contributed by atoms with Crippen molar-refractivity contribution in [2.24, 2.45) is 5.11 Å². The average Bonchev–Trinajstić information content (AvgIpc) is 2.18. The van der Waals surface area contributed by atoms with Crippen LogP contribution in [0.2, 0.25) is 0 Å². The van der Waals surface area contributed by atoms with Crippen molar-refractivity contribution in [3.05, 3.63) is 22.6 Å². The minimum atomic E-state index is -2.79. The van der Waals surface area contributed by atoms with Gasteiger partial charge in [-0.15, -0.1) is 0 Å². The molecule has 1 heterocycles. The third kappa shape index (κ3) is 2.67. The van der Waals surface area contributed by atoms with E-state index < -0.39 is 36.7 Å². The van der Waals surface area contributed by atoms with E-state index in [4.69, 9.17) is 5.53 Å². The molecule has 8 nitrogen and oxygen atoms in total. The molecule has 0 N–H and O–H groups in total. The zero-order chi connectivity index (χ0) is 11.4. The van der Waals surface area contributed by atoms with Crippen molar-refractivity contribution in [3.63, 3.8) is 0 Å². The van der Waals surface area contributed by atoms with Crippen LogP contribution in [0.25, 0.3) is 10.4 Å². The van der Waals surface area contributed by atoms with E-state index in [1.165, 1.54) is 0 Å². The van der Waals surface area contributed by atoms with E-state index in [0.717, 1.165) is 12.2 Å². The zero-order valence-corrected chi connectivity index (χ0v) is 8.56. The van der Waals surface area contributed by atoms with E-state index in [9.17, 15) is 16.8 Å². The number of rotatable bonds is 1. The molecule has 0 saturated heterocycles. The van der Waals surface area contributed by atoms with Crippen LogP contribution in [0.15, 0.2) is 17.3 Å². The molecule has 80 valence electrons. The fourth-order valence-electron chi connectivity index (χ4n) is 0.805. The molecule has 0 aliphatic carbocycles. The maximum Gasteiger partial charge on any atom is 0.245 e. The van der Waals surface area contributed by atoms with Crippen molar-refractivity contribution in [1.82, 2.24) is 0 Å². The van der Waals surface area contributed by atoms with Crippen molar-refractivity contribution in [3.8, 4) is 0 Å². The highest BCUT2D eigenvalue weighted by molar-refractivity contribution is 7.74. The Hall–Kier alpha value is -1.61. The van der Waals surface area contributed by atoms with E-state index in [2.05, 4.69) is 14.8 Å². The van der Waals surface area contributed by atoms with Gasteiger partial charge < -0.3 is 0 Å². The highest BCUT2D eigenvalue weighted by Gasteiger charge is 2.21. The minimum Gasteiger partial charge on any atom is -0.281 e. The highest BCUT2D eigenvalue weighted by Crippen LogP contribution is 2.06. The van der Waals surface area contributed by atoms with Gasteiger partial charge >= 0.3 is 0 Å². The van der Waals surface area contributed by atoms with E-state index in [1.807, 2.05) is 0 Å². The van der Waals surface area contributed by atoms with Crippen LogP contribution in [0.5, 0.6) is 0 Å². The molecule has 0 amide bonds. The smallest absolute Gasteiger partial charge is 0.245 e. The molecule has 0 spiro atoms. The second-order valence-corrected chi connectivity index (χ2v) is 3.96. The lowest BCUT2D eigenvalue weighted by molar-refractivity contribution is 0.534. The van der Waals surface area contributed by atoms with Crippen LogP contribution in [0.1, 0.15) is 0 Å². The Balaban J connectivity index is 3.41. The molecular formula is C5H3N3O5S2. The molecular weight excluding hydrogens is 246 g/mol. The Morgan fingerprint density at radius 2 is 2.00 bits per heavy atom. The van der Waals surface area contributed by atoms with Gasteiger partial charge in [-0.3, -0.25) is 4.74 Å². The highest BCUT2D eigenvalue weighted by atomic mass is 32.2. The summed E-state index contributed by atoms with van der Waals surface area (Å²) in [5.74, 6) is 0. The summed E-state index contributed by atoms with van der Waals surface area (Å²) in [5, 5.41) is 1.92. The lowest BCUT2D eigenvalue weighted by Crippen LogP contribution is -2.27. The van der Waals surface area contributed by atoms with E-state index in [0.29, 0.717) is 0 Å². The second kappa shape index (κ2) is 4.75. The van der Waals surface area contributed by atoms with Gasteiger partial charge in [-0.2, -0.15) is 16.8 Å². The summed E-state index contributed by atoms with van der Waals surface area (Å²) in [7, 11) is -5.47. The standard InChI is InChI=1S/C5H3N3O5S2/c6-8-7-3-1-2-4(14(9)10)13-5(3)15(11)12/h1-3H. The molecule has 15 heavy (non-hydrogen) atoms. The normalized spacial score (nSPS) is 19.6. The first-order chi connectivity index (χ1) is 7.06. The van der Waals surface area contributed by atoms with Crippen molar-refractivity contribution < 1.29 is 21.6 Å². The van der Waals surface area contributed by atoms with Crippen molar-refractivity contribution in [2.75, 3.05) is 0 Å². The molecule has 10 heteroatoms. The van der Waals surface area contributed by atoms with Gasteiger partial charge in [0.05, 0.1) is 0 Å². The monoisotopic (exact) mass is 249 g/mol. The molecule has 1 atom stereocenters. The Morgan fingerprint density at radius 1 is 1.33 bits per heavy atom. The fourth-order valence-corrected chi connectivity index (χ4v) is 1.69. The van der Waals surface area contributed by atoms with Gasteiger partial charge in [-0.1, -0.05) is 11.2 Å². The number of nitrogens with zero attached hydrogens (tertiary/aromatic N) is 3. The van der Waals surface area contributed by atoms with Crippen LogP contribution in [0, 0.1) is 0 Å². The lowest BCUT2D eigenvalue weighted by atomic mass is 10.3. The van der Waals surface area contributed by atoms with Gasteiger partial charge in [0.15, 0.2) is 5.05 Å². The predicted molar refractivity (Wildman–Crippen MR) is 51.0 cm³/mol. The molecule has 0 bridgehead atoms. The molecule has 0 saturated carbocycles. The fraction of sp³-hybridized carbons (Fsp3) is 0.200. The summed E-state index contributed by atoms with van der Waals surface area (Å²) in [6.07, 6.45) is 2.12. The molecule has 1 unspecified atom stereocenters. The topological polar surface area (TPSA) is 126 Å². The van der Waals surface area contributed by atoms with Crippen LogP contribution < -0.4 is 0 Å². The van der Waals surface area contributed by atoms with Crippen LogP contribution in [-0.4, -0.2) is 33.0 Å². The van der Waals surface area contributed by atoms with E-state index in [1.54, 1.807) is 0 Å². The van der Waals surface area contributed by atoms with Gasteiger partial charge in [-0.25, -0.2) is 0 Å². The summed E-state index contributed by atoms with van der Waals surface area (Å²) in [6, 6.07) is -1.15. The quantitative estimate of drug-likeness (QED) is 0.262. The first-order valence-corrected chi connectivity index (χ1v) is 5.54. The minimum absolute atomic E-state index is 0.543. The van der Waals surface area contributed by atoms with Gasteiger partial charge in [0.2, 0.25) is 25.6 Å². The molecule has 1 aliphatic heterocycles. The molecule has 0 fully saturated rings. The van der Waals surface area contributed by atoms with E-state index in [-0.39, 0.29) is 0 Å². The van der Waals surface area contributed by atoms with Crippen LogP contribution in [0.3, 0.4) is 0 Å². The van der Waals surface area contributed by atoms with Crippen LogP contribution in [-0.2, 0) is 25.3 Å². The third-order valence-corrected chi connectivity index (χ3v) is 2.56. The molecule has 0 aromatic rings. The zero-order valence-electron chi connectivity index (χ0n) is 6.93. The van der Waals surface area contributed by atoms with Crippen molar-refractivity contribution in [2.45, 2.75) is 6.04 Å². The average molecular weight is 249 g/mol. The Kier molecular flexibility index (Phi) is 3.63. The van der Waals surface area contributed by atoms with Gasteiger partial charge in [-0.05, 0) is 11.6 Å². The summed E-state index contributed by atoms with van der Waals surface area (Å²) >= 11 is 0. The number of azide groups is 1. The maximum atomic E-state index is 10.6. The van der Waals surface area contributed by atoms with Gasteiger partial charge in [0.25, 0.3) is 0 Å². The van der Waals surface area contributed by atoms with Crippen LogP contribution >= 0.6 is 0 Å². The summed E-state index contributed by atoms with van der Waals surface area (Å²) < 4.78 is 46.7. The number of hydrogen-bond donors (Lipinski definition) is 0. The first-order valence-electron chi connectivity index (χ1n) is 3.39. The van der Waals surface area contributed by atoms with Crippen molar-refractivity contribution in [1.29, 1.82) is 0 Å².